The van der Waals surface area contributed by atoms with E-state index in [0.717, 1.165) is 10.2 Å². The molecule has 2 heterocycles. The molecule has 0 saturated heterocycles. The first-order chi connectivity index (χ1) is 13.0. The fourth-order valence-corrected chi connectivity index (χ4v) is 2.83. The first kappa shape index (κ1) is 16.9. The Bertz CT molecular complexity index is 1180. The molecule has 9 heteroatoms. The van der Waals surface area contributed by atoms with Crippen molar-refractivity contribution >= 4 is 34.3 Å². The smallest absolute Gasteiger partial charge is 0.268 e. The summed E-state index contributed by atoms with van der Waals surface area (Å²) >= 11 is 5.88. The van der Waals surface area contributed by atoms with Crippen LogP contribution in [0.5, 0.6) is 5.75 Å². The van der Waals surface area contributed by atoms with Gasteiger partial charge in [-0.15, -0.1) is 5.10 Å². The fourth-order valence-electron chi connectivity index (χ4n) is 2.66. The third kappa shape index (κ3) is 3.18. The zero-order chi connectivity index (χ0) is 19.0. The summed E-state index contributed by atoms with van der Waals surface area (Å²) in [6.45, 7) is -0.0851. The van der Waals surface area contributed by atoms with Crippen LogP contribution in [0.2, 0.25) is 5.02 Å². The molecule has 4 rings (SSSR count). The number of hydrogen-bond acceptors (Lipinski definition) is 6. The van der Waals surface area contributed by atoms with Gasteiger partial charge in [0.25, 0.3) is 5.91 Å². The van der Waals surface area contributed by atoms with E-state index >= 15 is 0 Å². The Morgan fingerprint density at radius 1 is 1.15 bits per heavy atom. The third-order valence-electron chi connectivity index (χ3n) is 4.01. The number of carbonyl (C=O) groups is 2. The number of ketones is 1. The second kappa shape index (κ2) is 6.65. The Morgan fingerprint density at radius 3 is 2.81 bits per heavy atom. The standard InChI is InChI=1S/C18H12ClN5O3/c19-12-5-6-16(25)13(7-12)18(27)11-8-20-24(9-11)17(26)10-23-15-4-2-1-3-14(15)21-22-23/h1-9,25H,10H2. The molecule has 0 aliphatic heterocycles. The van der Waals surface area contributed by atoms with E-state index in [9.17, 15) is 14.7 Å². The van der Waals surface area contributed by atoms with Gasteiger partial charge >= 0.3 is 0 Å². The van der Waals surface area contributed by atoms with Gasteiger partial charge in [0.05, 0.1) is 22.8 Å². The number of para-hydroxylation sites is 1. The molecular weight excluding hydrogens is 370 g/mol. The van der Waals surface area contributed by atoms with E-state index in [1.807, 2.05) is 18.2 Å². The highest BCUT2D eigenvalue weighted by Crippen LogP contribution is 2.24. The number of aromatic nitrogens is 5. The molecule has 134 valence electrons. The minimum absolute atomic E-state index is 0.0387. The third-order valence-corrected chi connectivity index (χ3v) is 4.24. The van der Waals surface area contributed by atoms with Gasteiger partial charge in [-0.05, 0) is 30.3 Å². The highest BCUT2D eigenvalue weighted by atomic mass is 35.5. The molecule has 4 aromatic rings. The van der Waals surface area contributed by atoms with E-state index in [2.05, 4.69) is 15.4 Å². The maximum Gasteiger partial charge on any atom is 0.268 e. The lowest BCUT2D eigenvalue weighted by Crippen LogP contribution is -2.19. The van der Waals surface area contributed by atoms with Crippen molar-refractivity contribution in [2.45, 2.75) is 6.54 Å². The summed E-state index contributed by atoms with van der Waals surface area (Å²) in [5, 5.41) is 22.1. The minimum Gasteiger partial charge on any atom is -0.507 e. The Balaban J connectivity index is 1.57. The molecule has 0 atom stereocenters. The molecule has 0 fully saturated rings. The van der Waals surface area contributed by atoms with E-state index in [1.54, 1.807) is 6.07 Å². The van der Waals surface area contributed by atoms with Crippen LogP contribution in [-0.4, -0.2) is 41.6 Å². The number of phenols is 1. The maximum atomic E-state index is 12.5. The zero-order valence-electron chi connectivity index (χ0n) is 13.8. The average molecular weight is 382 g/mol. The molecule has 0 radical (unpaired) electrons. The van der Waals surface area contributed by atoms with Gasteiger partial charge in [-0.3, -0.25) is 9.59 Å². The summed E-state index contributed by atoms with van der Waals surface area (Å²) in [7, 11) is 0. The van der Waals surface area contributed by atoms with E-state index in [-0.39, 0.29) is 29.3 Å². The number of hydrogen-bond donors (Lipinski definition) is 1. The normalized spacial score (nSPS) is 11.0. The summed E-state index contributed by atoms with van der Waals surface area (Å²) in [4.78, 5) is 25.0. The lowest BCUT2D eigenvalue weighted by atomic mass is 10.1. The van der Waals surface area contributed by atoms with Crippen LogP contribution >= 0.6 is 11.6 Å². The highest BCUT2D eigenvalue weighted by molar-refractivity contribution is 6.31. The number of rotatable bonds is 4. The van der Waals surface area contributed by atoms with Crippen molar-refractivity contribution in [3.8, 4) is 5.75 Å². The molecule has 0 amide bonds. The molecule has 2 aromatic heterocycles. The van der Waals surface area contributed by atoms with Gasteiger partial charge in [-0.25, -0.2) is 9.36 Å². The van der Waals surface area contributed by atoms with Gasteiger partial charge in [0.15, 0.2) is 5.78 Å². The molecular formula is C18H12ClN5O3. The molecule has 0 spiro atoms. The Labute approximate surface area is 157 Å². The quantitative estimate of drug-likeness (QED) is 0.545. The van der Waals surface area contributed by atoms with Crippen LogP contribution < -0.4 is 0 Å². The SMILES string of the molecule is O=C(c1cnn(C(=O)Cn2nnc3ccccc32)c1)c1cc(Cl)ccc1O. The first-order valence-electron chi connectivity index (χ1n) is 7.92. The average Bonchev–Trinajstić information content (AvgIpc) is 3.31. The lowest BCUT2D eigenvalue weighted by molar-refractivity contribution is 0.0871. The summed E-state index contributed by atoms with van der Waals surface area (Å²) in [5.41, 5.74) is 1.59. The van der Waals surface area contributed by atoms with Crippen molar-refractivity contribution in [1.82, 2.24) is 24.8 Å². The first-order valence-corrected chi connectivity index (χ1v) is 8.30. The van der Waals surface area contributed by atoms with Crippen molar-refractivity contribution in [2.75, 3.05) is 0 Å². The topological polar surface area (TPSA) is 103 Å². The molecule has 0 saturated carbocycles. The summed E-state index contributed by atoms with van der Waals surface area (Å²) in [6.07, 6.45) is 2.57. The molecule has 1 N–H and O–H groups in total. The lowest BCUT2D eigenvalue weighted by Gasteiger charge is -2.03. The Kier molecular flexibility index (Phi) is 4.17. The summed E-state index contributed by atoms with van der Waals surface area (Å²) < 4.78 is 2.52. The van der Waals surface area contributed by atoms with Crippen LogP contribution in [0, 0.1) is 0 Å². The van der Waals surface area contributed by atoms with Crippen LogP contribution in [0.4, 0.5) is 0 Å². The number of halogens is 1. The van der Waals surface area contributed by atoms with Crippen LogP contribution in [0.1, 0.15) is 20.7 Å². The molecule has 8 nitrogen and oxygen atoms in total. The highest BCUT2D eigenvalue weighted by Gasteiger charge is 2.18. The van der Waals surface area contributed by atoms with Gasteiger partial charge in [-0.2, -0.15) is 5.10 Å². The fraction of sp³-hybridized carbons (Fsp3) is 0.0556. The van der Waals surface area contributed by atoms with Crippen LogP contribution in [0.15, 0.2) is 54.9 Å². The number of aromatic hydroxyl groups is 1. The molecule has 0 aliphatic carbocycles. The van der Waals surface area contributed by atoms with E-state index < -0.39 is 5.78 Å². The molecule has 2 aromatic carbocycles. The van der Waals surface area contributed by atoms with E-state index in [0.29, 0.717) is 10.5 Å². The molecule has 27 heavy (non-hydrogen) atoms. The van der Waals surface area contributed by atoms with Crippen LogP contribution in [0.3, 0.4) is 0 Å². The molecule has 0 bridgehead atoms. The van der Waals surface area contributed by atoms with Crippen molar-refractivity contribution in [3.05, 3.63) is 71.0 Å². The number of carbonyl (C=O) groups excluding carboxylic acids is 2. The molecule has 0 aliphatic rings. The van der Waals surface area contributed by atoms with Crippen molar-refractivity contribution in [1.29, 1.82) is 0 Å². The van der Waals surface area contributed by atoms with Crippen molar-refractivity contribution in [2.24, 2.45) is 0 Å². The number of phenolic OH excluding ortho intramolecular Hbond substituents is 1. The van der Waals surface area contributed by atoms with Gasteiger partial charge in [-0.1, -0.05) is 28.9 Å². The number of fused-ring (bicyclic) bond motifs is 1. The van der Waals surface area contributed by atoms with Crippen molar-refractivity contribution in [3.63, 3.8) is 0 Å². The van der Waals surface area contributed by atoms with Crippen LogP contribution in [-0.2, 0) is 6.54 Å². The van der Waals surface area contributed by atoms with E-state index in [1.165, 1.54) is 35.3 Å². The Hall–Kier alpha value is -3.52. The van der Waals surface area contributed by atoms with E-state index in [4.69, 9.17) is 11.6 Å². The summed E-state index contributed by atoms with van der Waals surface area (Å²) in [5.74, 6) is -1.07. The second-order valence-electron chi connectivity index (χ2n) is 5.79. The predicted octanol–water partition coefficient (Wildman–Crippen LogP) is 2.56. The van der Waals surface area contributed by atoms with Gasteiger partial charge in [0, 0.05) is 11.2 Å². The van der Waals surface area contributed by atoms with Crippen LogP contribution in [0.25, 0.3) is 11.0 Å². The maximum absolute atomic E-state index is 12.5. The summed E-state index contributed by atoms with van der Waals surface area (Å²) in [6, 6.07) is 11.4. The minimum atomic E-state index is -0.486. The second-order valence-corrected chi connectivity index (χ2v) is 6.23. The van der Waals surface area contributed by atoms with Gasteiger partial charge < -0.3 is 5.11 Å². The van der Waals surface area contributed by atoms with Gasteiger partial charge in [0.1, 0.15) is 17.8 Å². The number of benzene rings is 2. The van der Waals surface area contributed by atoms with Gasteiger partial charge in [0.2, 0.25) is 0 Å². The zero-order valence-corrected chi connectivity index (χ0v) is 14.5. The largest absolute Gasteiger partial charge is 0.507 e. The monoisotopic (exact) mass is 381 g/mol. The molecule has 0 unspecified atom stereocenters. The Morgan fingerprint density at radius 2 is 1.96 bits per heavy atom. The van der Waals surface area contributed by atoms with Crippen molar-refractivity contribution < 1.29 is 14.7 Å². The predicted molar refractivity (Wildman–Crippen MR) is 96.9 cm³/mol. The number of nitrogens with zero attached hydrogens (tertiary/aromatic N) is 5.